The molecule has 0 saturated carbocycles. The van der Waals surface area contributed by atoms with Gasteiger partial charge in [-0.15, -0.1) is 0 Å². The second-order valence-corrected chi connectivity index (χ2v) is 11.2. The molecule has 0 fully saturated rings. The van der Waals surface area contributed by atoms with Gasteiger partial charge < -0.3 is 30.6 Å². The smallest absolute Gasteiger partial charge is 0.227 e. The monoisotopic (exact) mass is 534 g/mol. The topological polar surface area (TPSA) is 156 Å². The summed E-state index contributed by atoms with van der Waals surface area (Å²) in [6.07, 6.45) is 2.67. The van der Waals surface area contributed by atoms with Crippen molar-refractivity contribution in [3.8, 4) is 17.2 Å². The second-order valence-electron chi connectivity index (χ2n) is 11.2. The van der Waals surface area contributed by atoms with E-state index in [0.29, 0.717) is 45.8 Å². The molecule has 2 aliphatic rings. The van der Waals surface area contributed by atoms with Crippen molar-refractivity contribution < 1.29 is 40.2 Å². The first-order valence-corrected chi connectivity index (χ1v) is 12.8. The molecule has 206 valence electrons. The minimum absolute atomic E-state index is 0.0218. The number of aldehydes is 1. The van der Waals surface area contributed by atoms with Gasteiger partial charge in [0.05, 0.1) is 17.4 Å². The second kappa shape index (κ2) is 9.31. The maximum atomic E-state index is 13.1. The fourth-order valence-electron chi connectivity index (χ4n) is 6.46. The molecule has 0 amide bonds. The molecule has 0 saturated heterocycles. The third-order valence-corrected chi connectivity index (χ3v) is 7.95. The summed E-state index contributed by atoms with van der Waals surface area (Å²) in [5.41, 5.74) is 0.310. The van der Waals surface area contributed by atoms with Crippen molar-refractivity contribution >= 4 is 28.4 Å². The van der Waals surface area contributed by atoms with E-state index in [2.05, 4.69) is 0 Å². The number of aromatic hydroxyl groups is 3. The zero-order valence-electron chi connectivity index (χ0n) is 23.0. The summed E-state index contributed by atoms with van der Waals surface area (Å²) in [6, 6.07) is 1.68. The molecule has 2 aromatic rings. The van der Waals surface area contributed by atoms with E-state index in [4.69, 9.17) is 0 Å². The van der Waals surface area contributed by atoms with Gasteiger partial charge in [-0.2, -0.15) is 0 Å². The fraction of sp³-hybridized carbons (Fsp3) is 0.355. The molecule has 0 radical (unpaired) electrons. The van der Waals surface area contributed by atoms with Crippen LogP contribution in [0.15, 0.2) is 46.5 Å². The van der Waals surface area contributed by atoms with E-state index >= 15 is 0 Å². The van der Waals surface area contributed by atoms with Gasteiger partial charge in [0.25, 0.3) is 0 Å². The highest BCUT2D eigenvalue weighted by Gasteiger charge is 2.51. The van der Waals surface area contributed by atoms with Gasteiger partial charge in [-0.1, -0.05) is 39.8 Å². The molecular weight excluding hydrogens is 500 g/mol. The number of rotatable bonds is 4. The van der Waals surface area contributed by atoms with Crippen LogP contribution in [-0.4, -0.2) is 48.3 Å². The van der Waals surface area contributed by atoms with Crippen LogP contribution in [0.3, 0.4) is 0 Å². The van der Waals surface area contributed by atoms with Crippen molar-refractivity contribution in [3.63, 3.8) is 0 Å². The van der Waals surface area contributed by atoms with Crippen molar-refractivity contribution in [2.45, 2.75) is 60.0 Å². The van der Waals surface area contributed by atoms with Crippen LogP contribution < -0.4 is 0 Å². The molecule has 2 aromatic carbocycles. The van der Waals surface area contributed by atoms with Gasteiger partial charge in [0, 0.05) is 33.6 Å². The fourth-order valence-corrected chi connectivity index (χ4v) is 6.46. The molecule has 2 aliphatic carbocycles. The Labute approximate surface area is 226 Å². The zero-order chi connectivity index (χ0) is 29.3. The lowest BCUT2D eigenvalue weighted by Gasteiger charge is -2.45. The quantitative estimate of drug-likeness (QED) is 0.125. The number of aliphatic hydroxyl groups is 3. The molecule has 1 unspecified atom stereocenters. The number of hydrogen-bond acceptors (Lipinski definition) is 8. The third-order valence-electron chi connectivity index (χ3n) is 7.95. The molecular formula is C31H34O8. The standard InChI is InChI=1S/C31H34O8/c1-12(2)20-16-8-14(5)22(28(36)23(16)18(10-32)26(34)29(20)37)24-15(6)9-17-21(13(3)4)30(38)27(35)19(11-33)25(17)31(24,7)39/h8-13,25,33-34,36-39H,1-7H3/t25?,31-/m0/s1. The average molecular weight is 535 g/mol. The third kappa shape index (κ3) is 3.77. The Morgan fingerprint density at radius 3 is 2.10 bits per heavy atom. The summed E-state index contributed by atoms with van der Waals surface area (Å²) < 4.78 is 0. The first kappa shape index (κ1) is 28.0. The number of carbonyl (C=O) groups excluding carboxylic acids is 2. The molecule has 6 N–H and O–H groups in total. The van der Waals surface area contributed by atoms with E-state index in [1.54, 1.807) is 39.8 Å². The molecule has 0 spiro atoms. The van der Waals surface area contributed by atoms with Crippen molar-refractivity contribution in [3.05, 3.63) is 68.7 Å². The Morgan fingerprint density at radius 1 is 0.974 bits per heavy atom. The van der Waals surface area contributed by atoms with E-state index in [0.717, 1.165) is 0 Å². The largest absolute Gasteiger partial charge is 0.515 e. The molecule has 8 heteroatoms. The summed E-state index contributed by atoms with van der Waals surface area (Å²) in [5.74, 6) is -4.37. The van der Waals surface area contributed by atoms with Crippen LogP contribution in [0.2, 0.25) is 0 Å². The predicted molar refractivity (Wildman–Crippen MR) is 148 cm³/mol. The van der Waals surface area contributed by atoms with E-state index in [9.17, 15) is 40.2 Å². The van der Waals surface area contributed by atoms with Crippen LogP contribution in [0.25, 0.3) is 16.3 Å². The summed E-state index contributed by atoms with van der Waals surface area (Å²) in [6.45, 7) is 12.1. The van der Waals surface area contributed by atoms with Gasteiger partial charge in [-0.3, -0.25) is 9.59 Å². The Bertz CT molecular complexity index is 1580. The number of benzene rings is 2. The SMILES string of the molecule is CC1=C(c2c(C)cc3c(C(C)C)c(O)c(O)c(C=O)c3c2O)[C@](C)(O)C2C(=CO)C(=O)C(O)=C(C(C)C)C2=C1. The van der Waals surface area contributed by atoms with Crippen LogP contribution in [0.4, 0.5) is 0 Å². The Morgan fingerprint density at radius 2 is 1.59 bits per heavy atom. The number of carbonyl (C=O) groups is 2. The normalized spacial score (nSPS) is 22.8. The average Bonchev–Trinajstić information content (AvgIpc) is 2.83. The molecule has 8 nitrogen and oxygen atoms in total. The Kier molecular flexibility index (Phi) is 6.68. The highest BCUT2D eigenvalue weighted by atomic mass is 16.3. The molecule has 4 rings (SSSR count). The van der Waals surface area contributed by atoms with Crippen molar-refractivity contribution in [2.24, 2.45) is 11.8 Å². The first-order chi connectivity index (χ1) is 18.1. The van der Waals surface area contributed by atoms with E-state index in [-0.39, 0.29) is 45.2 Å². The van der Waals surface area contributed by atoms with Crippen LogP contribution in [0.5, 0.6) is 17.2 Å². The number of phenolic OH excluding ortho intramolecular Hbond substituents is 3. The number of fused-ring (bicyclic) bond motifs is 2. The summed E-state index contributed by atoms with van der Waals surface area (Å²) in [5, 5.41) is 66.4. The lowest BCUT2D eigenvalue weighted by molar-refractivity contribution is -0.116. The molecule has 0 bridgehead atoms. The number of phenols is 3. The molecule has 0 aromatic heterocycles. The van der Waals surface area contributed by atoms with E-state index in [1.807, 2.05) is 13.8 Å². The van der Waals surface area contributed by atoms with Crippen LogP contribution in [0, 0.1) is 18.8 Å². The minimum atomic E-state index is -1.86. The van der Waals surface area contributed by atoms with Crippen molar-refractivity contribution in [1.82, 2.24) is 0 Å². The zero-order valence-corrected chi connectivity index (χ0v) is 23.0. The maximum absolute atomic E-state index is 13.1. The van der Waals surface area contributed by atoms with Crippen LogP contribution in [0.1, 0.15) is 74.5 Å². The number of ketones is 1. The lowest BCUT2D eigenvalue weighted by Crippen LogP contribution is -2.45. The minimum Gasteiger partial charge on any atom is -0.515 e. The van der Waals surface area contributed by atoms with E-state index < -0.39 is 34.6 Å². The summed E-state index contributed by atoms with van der Waals surface area (Å²) in [4.78, 5) is 25.1. The Hall–Kier alpha value is -4.04. The highest BCUT2D eigenvalue weighted by Crippen LogP contribution is 2.56. The number of allylic oxidation sites excluding steroid dienone is 4. The Balaban J connectivity index is 2.18. The van der Waals surface area contributed by atoms with E-state index in [1.165, 1.54) is 6.92 Å². The van der Waals surface area contributed by atoms with Gasteiger partial charge in [0.15, 0.2) is 23.5 Å². The predicted octanol–water partition coefficient (Wildman–Crippen LogP) is 5.77. The van der Waals surface area contributed by atoms with Gasteiger partial charge in [0.2, 0.25) is 5.78 Å². The maximum Gasteiger partial charge on any atom is 0.227 e. The van der Waals surface area contributed by atoms with Gasteiger partial charge in [-0.05, 0) is 60.3 Å². The van der Waals surface area contributed by atoms with Gasteiger partial charge in [-0.25, -0.2) is 0 Å². The summed E-state index contributed by atoms with van der Waals surface area (Å²) in [7, 11) is 0. The van der Waals surface area contributed by atoms with Crippen molar-refractivity contribution in [1.29, 1.82) is 0 Å². The first-order valence-electron chi connectivity index (χ1n) is 12.8. The van der Waals surface area contributed by atoms with Gasteiger partial charge in [0.1, 0.15) is 5.75 Å². The molecule has 0 heterocycles. The van der Waals surface area contributed by atoms with Gasteiger partial charge >= 0.3 is 0 Å². The summed E-state index contributed by atoms with van der Waals surface area (Å²) >= 11 is 0. The molecule has 2 atom stereocenters. The number of aryl methyl sites for hydroxylation is 1. The molecule has 0 aliphatic heterocycles. The number of hydrogen-bond donors (Lipinski definition) is 6. The highest BCUT2D eigenvalue weighted by molar-refractivity contribution is 6.12. The number of Topliss-reactive ketones (excluding diaryl/α,β-unsaturated/α-hetero) is 1. The lowest BCUT2D eigenvalue weighted by atomic mass is 9.61. The molecule has 39 heavy (non-hydrogen) atoms. The van der Waals surface area contributed by atoms with Crippen LogP contribution >= 0.6 is 0 Å². The van der Waals surface area contributed by atoms with Crippen LogP contribution in [-0.2, 0) is 4.79 Å². The van der Waals surface area contributed by atoms with Crippen molar-refractivity contribution in [2.75, 3.05) is 0 Å². The number of aliphatic hydroxyl groups excluding tert-OH is 2.